The minimum absolute atomic E-state index is 0.0761. The predicted molar refractivity (Wildman–Crippen MR) is 160 cm³/mol. The van der Waals surface area contributed by atoms with Gasteiger partial charge in [0.1, 0.15) is 5.75 Å². The van der Waals surface area contributed by atoms with E-state index in [0.717, 1.165) is 5.57 Å². The number of urea groups is 1. The quantitative estimate of drug-likeness (QED) is 0.329. The van der Waals surface area contributed by atoms with Crippen LogP contribution >= 0.6 is 11.6 Å². The Morgan fingerprint density at radius 1 is 0.932 bits per heavy atom. The van der Waals surface area contributed by atoms with E-state index in [1.54, 1.807) is 49.4 Å². The molecule has 0 spiro atoms. The van der Waals surface area contributed by atoms with E-state index in [9.17, 15) is 24.3 Å². The molecule has 3 fully saturated rings. The Kier molecular flexibility index (Phi) is 6.30. The Balaban J connectivity index is 1.51. The van der Waals surface area contributed by atoms with Crippen LogP contribution in [0.2, 0.25) is 5.02 Å². The molecule has 0 radical (unpaired) electrons. The van der Waals surface area contributed by atoms with E-state index >= 15 is 4.79 Å². The smallest absolute Gasteiger partial charge is 0.328 e. The summed E-state index contributed by atoms with van der Waals surface area (Å²) in [6.45, 7) is 1.75. The molecule has 7 rings (SSSR count). The van der Waals surface area contributed by atoms with Crippen LogP contribution in [-0.4, -0.2) is 39.7 Å². The predicted octanol–water partition coefficient (Wildman–Crippen LogP) is 4.60. The van der Waals surface area contributed by atoms with Gasteiger partial charge < -0.3 is 10.8 Å². The zero-order valence-electron chi connectivity index (χ0n) is 23.6. The molecule has 2 aliphatic carbocycles. The average molecular weight is 610 g/mol. The number of phenolic OH excluding ortho intramolecular Hbond substituents is 1. The van der Waals surface area contributed by atoms with E-state index in [-0.39, 0.29) is 18.6 Å². The lowest BCUT2D eigenvalue weighted by Crippen LogP contribution is -2.53. The van der Waals surface area contributed by atoms with E-state index in [4.69, 9.17) is 17.3 Å². The van der Waals surface area contributed by atoms with Gasteiger partial charge in [-0.05, 0) is 66.6 Å². The van der Waals surface area contributed by atoms with E-state index in [1.165, 1.54) is 4.90 Å². The summed E-state index contributed by atoms with van der Waals surface area (Å²) in [6, 6.07) is 19.7. The molecule has 0 aromatic heterocycles. The Morgan fingerprint density at radius 3 is 2.36 bits per heavy atom. The van der Waals surface area contributed by atoms with Crippen LogP contribution in [0.3, 0.4) is 0 Å². The maximum absolute atomic E-state index is 15.1. The first-order valence-electron chi connectivity index (χ1n) is 14.4. The van der Waals surface area contributed by atoms with Crippen LogP contribution in [-0.2, 0) is 24.6 Å². The van der Waals surface area contributed by atoms with E-state index in [1.807, 2.05) is 36.4 Å². The average Bonchev–Trinajstić information content (AvgIpc) is 3.39. The molecular weight excluding hydrogens is 582 g/mol. The number of halogens is 1. The highest BCUT2D eigenvalue weighted by Crippen LogP contribution is 2.64. The molecule has 9 nitrogen and oxygen atoms in total. The largest absolute Gasteiger partial charge is 0.508 e. The maximum atomic E-state index is 15.1. The van der Waals surface area contributed by atoms with Crippen molar-refractivity contribution in [2.75, 3.05) is 4.90 Å². The van der Waals surface area contributed by atoms with Crippen LogP contribution in [0.4, 0.5) is 10.5 Å². The second-order valence-corrected chi connectivity index (χ2v) is 12.4. The molecule has 2 saturated heterocycles. The molecule has 1 saturated carbocycles. The van der Waals surface area contributed by atoms with Crippen LogP contribution in [0, 0.1) is 30.6 Å². The highest BCUT2D eigenvalue weighted by Gasteiger charge is 2.70. The first kappa shape index (κ1) is 28.0. The van der Waals surface area contributed by atoms with E-state index in [2.05, 4.69) is 0 Å². The number of imide groups is 4. The second-order valence-electron chi connectivity index (χ2n) is 12.0. The molecular formula is C34H28ClN3O6. The number of rotatable bonds is 3. The van der Waals surface area contributed by atoms with Crippen LogP contribution in [0.1, 0.15) is 35.4 Å². The number of carbonyl (C=O) groups excluding carboxylic acids is 5. The lowest BCUT2D eigenvalue weighted by atomic mass is 9.49. The summed E-state index contributed by atoms with van der Waals surface area (Å²) in [5.41, 5.74) is 7.01. The summed E-state index contributed by atoms with van der Waals surface area (Å²) in [7, 11) is 0. The fraction of sp³-hybridized carbons (Fsp3) is 0.265. The topological polar surface area (TPSA) is 138 Å². The third-order valence-electron chi connectivity index (χ3n) is 9.94. The Bertz CT molecular complexity index is 1820. The number of aryl methyl sites for hydroxylation is 1. The first-order valence-corrected chi connectivity index (χ1v) is 14.8. The molecule has 3 aromatic rings. The van der Waals surface area contributed by atoms with Gasteiger partial charge in [-0.15, -0.1) is 0 Å². The van der Waals surface area contributed by atoms with Gasteiger partial charge in [-0.1, -0.05) is 71.8 Å². The monoisotopic (exact) mass is 609 g/mol. The van der Waals surface area contributed by atoms with Gasteiger partial charge in [0.05, 0.1) is 28.9 Å². The molecule has 222 valence electrons. The molecule has 6 atom stereocenters. The maximum Gasteiger partial charge on any atom is 0.328 e. The van der Waals surface area contributed by atoms with Gasteiger partial charge >= 0.3 is 6.03 Å². The van der Waals surface area contributed by atoms with Crippen molar-refractivity contribution >= 4 is 46.9 Å². The number of benzene rings is 3. The van der Waals surface area contributed by atoms with Crippen molar-refractivity contribution in [3.8, 4) is 5.75 Å². The number of likely N-dealkylation sites (tertiary alicyclic amines) is 1. The zero-order valence-corrected chi connectivity index (χ0v) is 24.4. The van der Waals surface area contributed by atoms with Crippen molar-refractivity contribution in [2.45, 2.75) is 31.1 Å². The molecule has 44 heavy (non-hydrogen) atoms. The summed E-state index contributed by atoms with van der Waals surface area (Å²) < 4.78 is 0. The SMILES string of the molecule is Cc1cc([C@H]2C3=CC[C@@H]4C(=O)N(C(N)=O)C(=O)[C@@H]4[C@@H]3C[C@H]3C(=O)N(c4cccc(Cl)c4)C(=O)[C@@]23c2ccccc2)ccc1O. The number of allylic oxidation sites excluding steroid dienone is 2. The van der Waals surface area contributed by atoms with Crippen LogP contribution < -0.4 is 10.6 Å². The molecule has 6 amide bonds. The highest BCUT2D eigenvalue weighted by atomic mass is 35.5. The summed E-state index contributed by atoms with van der Waals surface area (Å²) in [6.07, 6.45) is 2.17. The number of fused-ring (bicyclic) bond motifs is 4. The number of primary amides is 1. The minimum Gasteiger partial charge on any atom is -0.508 e. The van der Waals surface area contributed by atoms with E-state index < -0.39 is 64.7 Å². The molecule has 3 N–H and O–H groups in total. The minimum atomic E-state index is -1.42. The number of aromatic hydroxyl groups is 1. The van der Waals surface area contributed by atoms with Gasteiger partial charge in [-0.2, -0.15) is 4.90 Å². The van der Waals surface area contributed by atoms with Crippen molar-refractivity contribution in [1.29, 1.82) is 0 Å². The molecule has 4 aliphatic rings. The first-order chi connectivity index (χ1) is 21.1. The van der Waals surface area contributed by atoms with Crippen molar-refractivity contribution in [3.63, 3.8) is 0 Å². The van der Waals surface area contributed by atoms with Gasteiger partial charge in [0.2, 0.25) is 23.6 Å². The van der Waals surface area contributed by atoms with Gasteiger partial charge in [0.25, 0.3) is 0 Å². The molecule has 2 aliphatic heterocycles. The summed E-state index contributed by atoms with van der Waals surface area (Å²) in [5.74, 6) is -6.11. The van der Waals surface area contributed by atoms with Crippen molar-refractivity contribution in [3.05, 3.63) is 106 Å². The standard InChI is InChI=1S/C34H28ClN3O6/c1-17-14-18(10-13-26(17)39)28-22-11-12-23-27(31(42)38(29(23)40)33(36)44)24(22)16-25-30(41)37(21-9-5-8-20(35)15-21)32(43)34(25,28)19-6-3-2-4-7-19/h2-11,13-15,23-25,27-28,39H,12,16H2,1H3,(H2,36,44)/t23-,24+,25-,27-,28-,34+/m0/s1. The zero-order chi connectivity index (χ0) is 31.1. The fourth-order valence-corrected chi connectivity index (χ4v) is 8.38. The lowest BCUT2D eigenvalue weighted by Gasteiger charge is -2.50. The van der Waals surface area contributed by atoms with E-state index in [0.29, 0.717) is 32.3 Å². The van der Waals surface area contributed by atoms with Gasteiger partial charge in [0, 0.05) is 10.9 Å². The summed E-state index contributed by atoms with van der Waals surface area (Å²) in [5, 5.41) is 10.8. The fourth-order valence-electron chi connectivity index (χ4n) is 8.19. The van der Waals surface area contributed by atoms with Crippen molar-refractivity contribution in [1.82, 2.24) is 4.90 Å². The van der Waals surface area contributed by atoms with Gasteiger partial charge in [-0.25, -0.2) is 9.69 Å². The number of nitrogens with two attached hydrogens (primary N) is 1. The number of nitrogens with zero attached hydrogens (tertiary/aromatic N) is 2. The molecule has 0 bridgehead atoms. The van der Waals surface area contributed by atoms with Gasteiger partial charge in [-0.3, -0.25) is 19.2 Å². The number of anilines is 1. The Hall–Kier alpha value is -4.76. The third-order valence-corrected chi connectivity index (χ3v) is 10.2. The molecule has 2 heterocycles. The Labute approximate surface area is 257 Å². The summed E-state index contributed by atoms with van der Waals surface area (Å²) >= 11 is 6.32. The molecule has 3 aromatic carbocycles. The Morgan fingerprint density at radius 2 is 1.68 bits per heavy atom. The highest BCUT2D eigenvalue weighted by molar-refractivity contribution is 6.32. The third kappa shape index (κ3) is 3.68. The number of hydrogen-bond donors (Lipinski definition) is 2. The summed E-state index contributed by atoms with van der Waals surface area (Å²) in [4.78, 5) is 70.4. The number of amides is 6. The van der Waals surface area contributed by atoms with Gasteiger partial charge in [0.15, 0.2) is 0 Å². The van der Waals surface area contributed by atoms with Crippen LogP contribution in [0.5, 0.6) is 5.75 Å². The number of hydrogen-bond acceptors (Lipinski definition) is 6. The number of phenols is 1. The normalized spacial score (nSPS) is 29.3. The van der Waals surface area contributed by atoms with Crippen LogP contribution in [0.25, 0.3) is 0 Å². The molecule has 10 heteroatoms. The molecule has 0 unspecified atom stereocenters. The lowest BCUT2D eigenvalue weighted by molar-refractivity contribution is -0.136. The second kappa shape index (κ2) is 9.89. The van der Waals surface area contributed by atoms with Crippen molar-refractivity contribution < 1.29 is 29.1 Å². The number of carbonyl (C=O) groups is 5. The van der Waals surface area contributed by atoms with Crippen molar-refractivity contribution in [2.24, 2.45) is 29.4 Å². The van der Waals surface area contributed by atoms with Crippen LogP contribution in [0.15, 0.2) is 84.4 Å².